The van der Waals surface area contributed by atoms with Gasteiger partial charge in [0, 0.05) is 0 Å². The molecule has 0 amide bonds. The highest BCUT2D eigenvalue weighted by Crippen LogP contribution is 2.11. The fraction of sp³-hybridized carbons (Fsp3) is 0. The molecule has 0 radical (unpaired) electrons. The molecule has 13 heavy (non-hydrogen) atoms. The molecule has 0 atom stereocenters. The number of hydrogen-bond donors (Lipinski definition) is 1. The lowest BCUT2D eigenvalue weighted by atomic mass is 10.3. The number of azo groups is 1. The van der Waals surface area contributed by atoms with Crippen LogP contribution in [0.5, 0.6) is 0 Å². The van der Waals surface area contributed by atoms with Crippen molar-refractivity contribution in [3.05, 3.63) is 42.6 Å². The Balaban J connectivity index is 2.70. The number of rotatable bonds is 3. The van der Waals surface area contributed by atoms with Gasteiger partial charge in [0.05, 0.1) is 5.69 Å². The molecule has 0 saturated carbocycles. The topological polar surface area (TPSA) is 62.0 Å². The van der Waals surface area contributed by atoms with Crippen LogP contribution in [0.3, 0.4) is 0 Å². The molecular formula is C9H8N2O2. The number of carboxylic acids is 1. The highest BCUT2D eigenvalue weighted by molar-refractivity contribution is 5.85. The largest absolute Gasteiger partial charge is 0.476 e. The zero-order valence-electron chi connectivity index (χ0n) is 6.84. The second-order valence-electron chi connectivity index (χ2n) is 2.29. The molecule has 0 heterocycles. The normalized spacial score (nSPS) is 10.2. The second kappa shape index (κ2) is 4.15. The van der Waals surface area contributed by atoms with E-state index in [2.05, 4.69) is 16.8 Å². The Hall–Kier alpha value is -1.97. The molecule has 0 fully saturated rings. The van der Waals surface area contributed by atoms with Gasteiger partial charge >= 0.3 is 5.97 Å². The number of benzene rings is 1. The molecule has 0 spiro atoms. The van der Waals surface area contributed by atoms with Gasteiger partial charge in [-0.2, -0.15) is 5.11 Å². The summed E-state index contributed by atoms with van der Waals surface area (Å²) >= 11 is 0. The Morgan fingerprint density at radius 3 is 2.46 bits per heavy atom. The molecule has 4 nitrogen and oxygen atoms in total. The third kappa shape index (κ3) is 2.86. The van der Waals surface area contributed by atoms with Gasteiger partial charge in [0.25, 0.3) is 0 Å². The van der Waals surface area contributed by atoms with Crippen LogP contribution in [0, 0.1) is 0 Å². The first-order valence-corrected chi connectivity index (χ1v) is 3.59. The Kier molecular flexibility index (Phi) is 2.92. The van der Waals surface area contributed by atoms with E-state index in [0.29, 0.717) is 5.69 Å². The summed E-state index contributed by atoms with van der Waals surface area (Å²) in [5, 5.41) is 15.5. The van der Waals surface area contributed by atoms with Gasteiger partial charge in [-0.15, -0.1) is 5.11 Å². The zero-order valence-corrected chi connectivity index (χ0v) is 6.84. The number of carbonyl (C=O) groups is 1. The highest BCUT2D eigenvalue weighted by atomic mass is 16.4. The number of carboxylic acid groups (broad SMARTS) is 1. The minimum atomic E-state index is -1.17. The third-order valence-corrected chi connectivity index (χ3v) is 1.29. The monoisotopic (exact) mass is 176 g/mol. The minimum absolute atomic E-state index is 0.274. The smallest absolute Gasteiger partial charge is 0.355 e. The Labute approximate surface area is 75.2 Å². The molecule has 0 aromatic heterocycles. The predicted octanol–water partition coefficient (Wildman–Crippen LogP) is 2.37. The lowest BCUT2D eigenvalue weighted by Gasteiger charge is -1.90. The van der Waals surface area contributed by atoms with Crippen molar-refractivity contribution in [3.63, 3.8) is 0 Å². The lowest BCUT2D eigenvalue weighted by molar-refractivity contribution is -0.132. The van der Waals surface area contributed by atoms with Crippen molar-refractivity contribution in [1.82, 2.24) is 0 Å². The van der Waals surface area contributed by atoms with Gasteiger partial charge in [-0.1, -0.05) is 24.8 Å². The van der Waals surface area contributed by atoms with Crippen molar-refractivity contribution in [2.24, 2.45) is 10.2 Å². The molecule has 1 N–H and O–H groups in total. The van der Waals surface area contributed by atoms with Crippen LogP contribution in [0.15, 0.2) is 52.8 Å². The van der Waals surface area contributed by atoms with E-state index in [1.165, 1.54) is 0 Å². The van der Waals surface area contributed by atoms with Crippen LogP contribution in [0.1, 0.15) is 0 Å². The van der Waals surface area contributed by atoms with E-state index in [0.717, 1.165) is 0 Å². The Morgan fingerprint density at radius 1 is 1.31 bits per heavy atom. The molecule has 4 heteroatoms. The maximum absolute atomic E-state index is 10.3. The molecular weight excluding hydrogens is 168 g/mol. The van der Waals surface area contributed by atoms with Gasteiger partial charge in [0.2, 0.25) is 0 Å². The van der Waals surface area contributed by atoms with E-state index >= 15 is 0 Å². The van der Waals surface area contributed by atoms with Crippen molar-refractivity contribution in [2.45, 2.75) is 0 Å². The second-order valence-corrected chi connectivity index (χ2v) is 2.29. The quantitative estimate of drug-likeness (QED) is 0.567. The van der Waals surface area contributed by atoms with E-state index in [9.17, 15) is 4.79 Å². The van der Waals surface area contributed by atoms with Crippen molar-refractivity contribution in [2.75, 3.05) is 0 Å². The number of nitrogens with zero attached hydrogens (tertiary/aromatic N) is 2. The van der Waals surface area contributed by atoms with E-state index in [4.69, 9.17) is 5.11 Å². The number of aliphatic carboxylic acids is 1. The molecule has 0 aliphatic rings. The average molecular weight is 176 g/mol. The van der Waals surface area contributed by atoms with Crippen LogP contribution in [0.25, 0.3) is 0 Å². The van der Waals surface area contributed by atoms with Crippen molar-refractivity contribution in [3.8, 4) is 0 Å². The van der Waals surface area contributed by atoms with Crippen molar-refractivity contribution < 1.29 is 9.90 Å². The minimum Gasteiger partial charge on any atom is -0.476 e. The zero-order chi connectivity index (χ0) is 9.68. The average Bonchev–Trinajstić information content (AvgIpc) is 2.15. The number of hydrogen-bond acceptors (Lipinski definition) is 3. The van der Waals surface area contributed by atoms with Gasteiger partial charge in [-0.25, -0.2) is 4.79 Å². The predicted molar refractivity (Wildman–Crippen MR) is 47.7 cm³/mol. The van der Waals surface area contributed by atoms with Crippen LogP contribution in [0.4, 0.5) is 5.69 Å². The fourth-order valence-electron chi connectivity index (χ4n) is 0.656. The third-order valence-electron chi connectivity index (χ3n) is 1.29. The summed E-state index contributed by atoms with van der Waals surface area (Å²) in [6.45, 7) is 3.21. The summed E-state index contributed by atoms with van der Waals surface area (Å²) in [6.07, 6.45) is 0. The van der Waals surface area contributed by atoms with E-state index in [1.807, 2.05) is 6.07 Å². The fourth-order valence-corrected chi connectivity index (χ4v) is 0.656. The lowest BCUT2D eigenvalue weighted by Crippen LogP contribution is -1.94. The van der Waals surface area contributed by atoms with E-state index < -0.39 is 5.97 Å². The van der Waals surface area contributed by atoms with Crippen molar-refractivity contribution >= 4 is 11.7 Å². The van der Waals surface area contributed by atoms with Crippen LogP contribution in [-0.2, 0) is 4.79 Å². The molecule has 1 aromatic rings. The molecule has 66 valence electrons. The van der Waals surface area contributed by atoms with E-state index in [-0.39, 0.29) is 5.70 Å². The van der Waals surface area contributed by atoms with Crippen LogP contribution < -0.4 is 0 Å². The first-order chi connectivity index (χ1) is 6.20. The van der Waals surface area contributed by atoms with Gasteiger partial charge < -0.3 is 5.11 Å². The highest BCUT2D eigenvalue weighted by Gasteiger charge is 1.99. The Morgan fingerprint density at radius 2 is 1.92 bits per heavy atom. The van der Waals surface area contributed by atoms with Gasteiger partial charge in [-0.05, 0) is 12.1 Å². The molecule has 0 aliphatic heterocycles. The van der Waals surface area contributed by atoms with Crippen LogP contribution >= 0.6 is 0 Å². The van der Waals surface area contributed by atoms with E-state index in [1.54, 1.807) is 24.3 Å². The SMILES string of the molecule is C=C(N=Nc1ccccc1)C(=O)O. The van der Waals surface area contributed by atoms with Crippen LogP contribution in [-0.4, -0.2) is 11.1 Å². The molecule has 1 rings (SSSR count). The maximum Gasteiger partial charge on any atom is 0.355 e. The molecule has 0 unspecified atom stereocenters. The summed E-state index contributed by atoms with van der Waals surface area (Å²) in [5.41, 5.74) is 0.328. The summed E-state index contributed by atoms with van der Waals surface area (Å²) in [6, 6.07) is 8.86. The molecule has 0 aliphatic carbocycles. The van der Waals surface area contributed by atoms with Gasteiger partial charge in [0.1, 0.15) is 0 Å². The first-order valence-electron chi connectivity index (χ1n) is 3.59. The summed E-state index contributed by atoms with van der Waals surface area (Å²) < 4.78 is 0. The van der Waals surface area contributed by atoms with Gasteiger partial charge in [0.15, 0.2) is 5.70 Å². The first kappa shape index (κ1) is 9.12. The Bertz CT molecular complexity index is 344. The standard InChI is InChI=1S/C9H8N2O2/c1-7(9(12)13)10-11-8-5-3-2-4-6-8/h2-6H,1H2,(H,12,13). The molecule has 0 saturated heterocycles. The molecule has 0 bridgehead atoms. The summed E-state index contributed by atoms with van der Waals surface area (Å²) in [5.74, 6) is -1.17. The molecule has 1 aromatic carbocycles. The van der Waals surface area contributed by atoms with Crippen molar-refractivity contribution in [1.29, 1.82) is 0 Å². The summed E-state index contributed by atoms with van der Waals surface area (Å²) in [7, 11) is 0. The maximum atomic E-state index is 10.3. The van der Waals surface area contributed by atoms with Gasteiger partial charge in [-0.3, -0.25) is 0 Å². The summed E-state index contributed by atoms with van der Waals surface area (Å²) in [4.78, 5) is 10.3. The van der Waals surface area contributed by atoms with Crippen LogP contribution in [0.2, 0.25) is 0 Å².